The van der Waals surface area contributed by atoms with Gasteiger partial charge in [-0.15, -0.1) is 0 Å². The molecule has 0 radical (unpaired) electrons. The van der Waals surface area contributed by atoms with Crippen molar-refractivity contribution in [1.29, 1.82) is 0 Å². The number of nitrogens with one attached hydrogen (secondary N) is 1. The number of hydrazone groups is 1. The Kier molecular flexibility index (Phi) is 5.83. The molecule has 0 saturated heterocycles. The van der Waals surface area contributed by atoms with Crippen molar-refractivity contribution in [3.63, 3.8) is 0 Å². The molecule has 3 rings (SSSR count). The van der Waals surface area contributed by atoms with Crippen LogP contribution in [0.25, 0.3) is 0 Å². The third-order valence-corrected chi connectivity index (χ3v) is 4.78. The number of nitro groups is 2. The van der Waals surface area contributed by atoms with Crippen molar-refractivity contribution in [2.45, 2.75) is 31.6 Å². The first kappa shape index (κ1) is 19.3. The van der Waals surface area contributed by atoms with Crippen LogP contribution in [-0.4, -0.2) is 22.7 Å². The molecule has 0 amide bonds. The highest BCUT2D eigenvalue weighted by Crippen LogP contribution is 2.34. The Morgan fingerprint density at radius 3 is 2.64 bits per heavy atom. The predicted octanol–water partition coefficient (Wildman–Crippen LogP) is 4.64. The zero-order valence-corrected chi connectivity index (χ0v) is 15.3. The van der Waals surface area contributed by atoms with E-state index in [2.05, 4.69) is 10.5 Å². The fourth-order valence-corrected chi connectivity index (χ4v) is 3.36. The zero-order valence-electron chi connectivity index (χ0n) is 15.3. The van der Waals surface area contributed by atoms with Crippen LogP contribution in [-0.2, 0) is 0 Å². The van der Waals surface area contributed by atoms with E-state index in [-0.39, 0.29) is 23.0 Å². The molecule has 1 unspecified atom stereocenters. The Labute approximate surface area is 161 Å². The molecule has 1 aliphatic rings. The summed E-state index contributed by atoms with van der Waals surface area (Å²) in [4.78, 5) is 20.8. The second-order valence-corrected chi connectivity index (χ2v) is 6.51. The summed E-state index contributed by atoms with van der Waals surface area (Å²) in [6.07, 6.45) is 3.76. The summed E-state index contributed by atoms with van der Waals surface area (Å²) in [6.45, 7) is 0. The quantitative estimate of drug-likeness (QED) is 0.572. The third kappa shape index (κ3) is 4.25. The number of methoxy groups -OCH3 is 1. The molecule has 0 spiro atoms. The highest BCUT2D eigenvalue weighted by atomic mass is 16.6. The Morgan fingerprint density at radius 1 is 1.11 bits per heavy atom. The molecule has 1 fully saturated rings. The summed E-state index contributed by atoms with van der Waals surface area (Å²) in [5, 5.41) is 26.6. The van der Waals surface area contributed by atoms with Crippen LogP contribution in [0.3, 0.4) is 0 Å². The van der Waals surface area contributed by atoms with Crippen molar-refractivity contribution in [3.8, 4) is 5.75 Å². The maximum atomic E-state index is 11.3. The van der Waals surface area contributed by atoms with Crippen LogP contribution in [0.5, 0.6) is 5.75 Å². The number of nitrogens with zero attached hydrogens (tertiary/aromatic N) is 3. The lowest BCUT2D eigenvalue weighted by molar-refractivity contribution is -0.393. The van der Waals surface area contributed by atoms with E-state index in [4.69, 9.17) is 4.74 Å². The van der Waals surface area contributed by atoms with E-state index in [1.807, 2.05) is 24.3 Å². The van der Waals surface area contributed by atoms with Crippen molar-refractivity contribution in [2.24, 2.45) is 5.10 Å². The van der Waals surface area contributed by atoms with E-state index in [1.54, 1.807) is 7.11 Å². The van der Waals surface area contributed by atoms with Crippen molar-refractivity contribution in [1.82, 2.24) is 0 Å². The molecule has 2 aromatic carbocycles. The molecule has 1 aliphatic carbocycles. The first-order valence-corrected chi connectivity index (χ1v) is 8.89. The Balaban J connectivity index is 1.89. The van der Waals surface area contributed by atoms with Gasteiger partial charge in [-0.1, -0.05) is 18.6 Å². The molecule has 1 atom stereocenters. The molecule has 9 nitrogen and oxygen atoms in total. The minimum absolute atomic E-state index is 0.0912. The Bertz CT molecular complexity index is 928. The highest BCUT2D eigenvalue weighted by Gasteiger charge is 2.24. The van der Waals surface area contributed by atoms with E-state index in [9.17, 15) is 20.2 Å². The maximum Gasteiger partial charge on any atom is 0.301 e. The second-order valence-electron chi connectivity index (χ2n) is 6.51. The third-order valence-electron chi connectivity index (χ3n) is 4.78. The van der Waals surface area contributed by atoms with Gasteiger partial charge in [0, 0.05) is 17.7 Å². The van der Waals surface area contributed by atoms with Crippen molar-refractivity contribution in [3.05, 3.63) is 68.3 Å². The lowest BCUT2D eigenvalue weighted by Crippen LogP contribution is -2.19. The molecule has 2 aromatic rings. The zero-order chi connectivity index (χ0) is 20.1. The summed E-state index contributed by atoms with van der Waals surface area (Å²) in [7, 11) is 1.62. The molecule has 0 aromatic heterocycles. The summed E-state index contributed by atoms with van der Waals surface area (Å²) in [5.41, 5.74) is 4.13. The van der Waals surface area contributed by atoms with Crippen LogP contribution < -0.4 is 10.2 Å². The van der Waals surface area contributed by atoms with Gasteiger partial charge in [0.25, 0.3) is 5.69 Å². The second kappa shape index (κ2) is 8.47. The summed E-state index contributed by atoms with van der Waals surface area (Å²) in [6, 6.07) is 11.3. The van der Waals surface area contributed by atoms with Crippen LogP contribution in [0.4, 0.5) is 17.1 Å². The van der Waals surface area contributed by atoms with Crippen LogP contribution in [0, 0.1) is 20.2 Å². The lowest BCUT2D eigenvalue weighted by Gasteiger charge is -2.24. The average Bonchev–Trinajstić information content (AvgIpc) is 2.72. The Hall–Kier alpha value is -3.49. The normalized spacial score (nSPS) is 17.9. The molecule has 1 saturated carbocycles. The van der Waals surface area contributed by atoms with Gasteiger partial charge in [0.2, 0.25) is 0 Å². The van der Waals surface area contributed by atoms with E-state index in [0.29, 0.717) is 0 Å². The topological polar surface area (TPSA) is 120 Å². The van der Waals surface area contributed by atoms with Gasteiger partial charge in [-0.05, 0) is 43.0 Å². The molecule has 146 valence electrons. The fourth-order valence-electron chi connectivity index (χ4n) is 3.36. The van der Waals surface area contributed by atoms with Crippen LogP contribution >= 0.6 is 0 Å². The highest BCUT2D eigenvalue weighted by molar-refractivity contribution is 5.92. The van der Waals surface area contributed by atoms with Gasteiger partial charge < -0.3 is 4.74 Å². The van der Waals surface area contributed by atoms with Gasteiger partial charge >= 0.3 is 5.69 Å². The van der Waals surface area contributed by atoms with Gasteiger partial charge in [-0.25, -0.2) is 0 Å². The van der Waals surface area contributed by atoms with E-state index in [1.165, 1.54) is 12.1 Å². The number of anilines is 1. The van der Waals surface area contributed by atoms with Crippen molar-refractivity contribution >= 4 is 22.8 Å². The van der Waals surface area contributed by atoms with Gasteiger partial charge in [-0.2, -0.15) is 5.10 Å². The SMILES string of the molecule is COc1cccc(C2CCCCC2=NNc2ccc([N+](=O)[O-])cc2[N+](=O)[O-])c1. The number of non-ortho nitro benzene ring substituents is 1. The largest absolute Gasteiger partial charge is 0.497 e. The molecule has 9 heteroatoms. The number of hydrogen-bond donors (Lipinski definition) is 1. The molecule has 0 aliphatic heterocycles. The predicted molar refractivity (Wildman–Crippen MR) is 105 cm³/mol. The van der Waals surface area contributed by atoms with Crippen LogP contribution in [0.2, 0.25) is 0 Å². The van der Waals surface area contributed by atoms with Gasteiger partial charge in [0.1, 0.15) is 11.4 Å². The summed E-state index contributed by atoms with van der Waals surface area (Å²) < 4.78 is 5.30. The van der Waals surface area contributed by atoms with Crippen molar-refractivity contribution < 1.29 is 14.6 Å². The standard InChI is InChI=1S/C19H20N4O5/c1-28-15-6-4-5-13(11-15)16-7-2-3-8-17(16)20-21-18-10-9-14(22(24)25)12-19(18)23(26)27/h4-6,9-12,16,21H,2-3,7-8H2,1H3. The van der Waals surface area contributed by atoms with Gasteiger partial charge in [-0.3, -0.25) is 25.7 Å². The summed E-state index contributed by atoms with van der Waals surface area (Å²) >= 11 is 0. The van der Waals surface area contributed by atoms with Gasteiger partial charge in [0.05, 0.1) is 23.0 Å². The molecular weight excluding hydrogens is 364 g/mol. The number of rotatable bonds is 6. The van der Waals surface area contributed by atoms with E-state index < -0.39 is 9.85 Å². The van der Waals surface area contributed by atoms with Crippen LogP contribution in [0.1, 0.15) is 37.2 Å². The number of ether oxygens (including phenoxy) is 1. The van der Waals surface area contributed by atoms with Gasteiger partial charge in [0.15, 0.2) is 0 Å². The maximum absolute atomic E-state index is 11.3. The lowest BCUT2D eigenvalue weighted by atomic mass is 9.82. The fraction of sp³-hybridized carbons (Fsp3) is 0.316. The minimum Gasteiger partial charge on any atom is -0.497 e. The van der Waals surface area contributed by atoms with Crippen LogP contribution in [0.15, 0.2) is 47.6 Å². The van der Waals surface area contributed by atoms with Crippen molar-refractivity contribution in [2.75, 3.05) is 12.5 Å². The average molecular weight is 384 g/mol. The molecular formula is C19H20N4O5. The molecule has 1 N–H and O–H groups in total. The first-order chi connectivity index (χ1) is 13.5. The first-order valence-electron chi connectivity index (χ1n) is 8.89. The molecule has 28 heavy (non-hydrogen) atoms. The van der Waals surface area contributed by atoms with E-state index >= 15 is 0 Å². The summed E-state index contributed by atoms with van der Waals surface area (Å²) in [5.74, 6) is 0.856. The Morgan fingerprint density at radius 2 is 1.93 bits per heavy atom. The minimum atomic E-state index is -0.664. The number of hydrogen-bond acceptors (Lipinski definition) is 7. The van der Waals surface area contributed by atoms with E-state index in [0.717, 1.165) is 48.8 Å². The monoisotopic (exact) mass is 384 g/mol. The molecule has 0 bridgehead atoms. The smallest absolute Gasteiger partial charge is 0.301 e. The number of benzene rings is 2. The molecule has 0 heterocycles. The number of nitro benzene ring substituents is 2.